The molecule has 3 aromatic rings. The SMILES string of the molecule is c1cc(-c2ncnc3c2CCN(Cc2ccoc2)CC3)ccn1. The van der Waals surface area contributed by atoms with Crippen LogP contribution >= 0.6 is 0 Å². The Morgan fingerprint density at radius 2 is 1.91 bits per heavy atom. The van der Waals surface area contributed by atoms with E-state index in [1.165, 1.54) is 16.8 Å². The van der Waals surface area contributed by atoms with Crippen LogP contribution in [0.2, 0.25) is 0 Å². The molecule has 0 amide bonds. The molecule has 0 saturated carbocycles. The van der Waals surface area contributed by atoms with Gasteiger partial charge in [-0.15, -0.1) is 0 Å². The van der Waals surface area contributed by atoms with Gasteiger partial charge in [-0.3, -0.25) is 9.88 Å². The first-order valence-corrected chi connectivity index (χ1v) is 7.87. The standard InChI is InChI=1S/C18H18N4O/c1-6-19-7-2-15(1)18-16-3-8-22(11-14-5-10-23-12-14)9-4-17(16)20-13-21-18/h1-2,5-7,10,12-13H,3-4,8-9,11H2. The predicted molar refractivity (Wildman–Crippen MR) is 86.7 cm³/mol. The van der Waals surface area contributed by atoms with Crippen molar-refractivity contribution in [3.63, 3.8) is 0 Å². The molecule has 0 aromatic carbocycles. The van der Waals surface area contributed by atoms with Gasteiger partial charge in [-0.1, -0.05) is 0 Å². The van der Waals surface area contributed by atoms with Crippen molar-refractivity contribution in [1.82, 2.24) is 19.9 Å². The number of furan rings is 1. The Hall–Kier alpha value is -2.53. The van der Waals surface area contributed by atoms with Crippen LogP contribution in [0.3, 0.4) is 0 Å². The average molecular weight is 306 g/mol. The van der Waals surface area contributed by atoms with E-state index in [0.29, 0.717) is 0 Å². The van der Waals surface area contributed by atoms with Crippen molar-refractivity contribution in [2.75, 3.05) is 13.1 Å². The molecule has 0 saturated heterocycles. The lowest BCUT2D eigenvalue weighted by atomic mass is 10.0. The summed E-state index contributed by atoms with van der Waals surface area (Å²) in [6.45, 7) is 2.93. The summed E-state index contributed by atoms with van der Waals surface area (Å²) in [5, 5.41) is 0. The first-order chi connectivity index (χ1) is 11.4. The lowest BCUT2D eigenvalue weighted by molar-refractivity contribution is 0.278. The van der Waals surface area contributed by atoms with Crippen LogP contribution in [0.15, 0.2) is 53.9 Å². The first kappa shape index (κ1) is 14.1. The van der Waals surface area contributed by atoms with E-state index in [0.717, 1.165) is 43.7 Å². The number of rotatable bonds is 3. The smallest absolute Gasteiger partial charge is 0.116 e. The minimum Gasteiger partial charge on any atom is -0.472 e. The summed E-state index contributed by atoms with van der Waals surface area (Å²) < 4.78 is 5.17. The minimum atomic E-state index is 0.919. The lowest BCUT2D eigenvalue weighted by Gasteiger charge is -2.18. The number of pyridine rings is 1. The molecule has 0 radical (unpaired) electrons. The van der Waals surface area contributed by atoms with Crippen molar-refractivity contribution in [3.8, 4) is 11.3 Å². The summed E-state index contributed by atoms with van der Waals surface area (Å²) in [5.74, 6) is 0. The molecule has 0 bridgehead atoms. The van der Waals surface area contributed by atoms with Gasteiger partial charge in [-0.05, 0) is 24.6 Å². The topological polar surface area (TPSA) is 55.1 Å². The van der Waals surface area contributed by atoms with Crippen LogP contribution in [0.5, 0.6) is 0 Å². The minimum absolute atomic E-state index is 0.919. The molecule has 1 aliphatic heterocycles. The average Bonchev–Trinajstić information content (AvgIpc) is 3.02. The van der Waals surface area contributed by atoms with Crippen LogP contribution in [0.4, 0.5) is 0 Å². The Morgan fingerprint density at radius 3 is 2.74 bits per heavy atom. The highest BCUT2D eigenvalue weighted by molar-refractivity contribution is 5.63. The summed E-state index contributed by atoms with van der Waals surface area (Å²) in [6.07, 6.45) is 10.8. The Kier molecular flexibility index (Phi) is 3.86. The first-order valence-electron chi connectivity index (χ1n) is 7.87. The molecule has 23 heavy (non-hydrogen) atoms. The number of nitrogens with zero attached hydrogens (tertiary/aromatic N) is 4. The Balaban J connectivity index is 1.59. The van der Waals surface area contributed by atoms with Crippen molar-refractivity contribution in [3.05, 3.63) is 66.3 Å². The molecule has 4 heterocycles. The van der Waals surface area contributed by atoms with Crippen molar-refractivity contribution in [1.29, 1.82) is 0 Å². The zero-order chi connectivity index (χ0) is 15.5. The molecule has 116 valence electrons. The summed E-state index contributed by atoms with van der Waals surface area (Å²) >= 11 is 0. The fourth-order valence-corrected chi connectivity index (χ4v) is 3.13. The fraction of sp³-hybridized carbons (Fsp3) is 0.278. The second kappa shape index (κ2) is 6.30. The molecule has 0 atom stereocenters. The van der Waals surface area contributed by atoms with E-state index in [2.05, 4.69) is 19.9 Å². The molecule has 5 heteroatoms. The van der Waals surface area contributed by atoms with Crippen molar-refractivity contribution in [2.24, 2.45) is 0 Å². The van der Waals surface area contributed by atoms with E-state index in [9.17, 15) is 0 Å². The highest BCUT2D eigenvalue weighted by Crippen LogP contribution is 2.25. The summed E-state index contributed by atoms with van der Waals surface area (Å²) in [5.41, 5.74) is 5.82. The van der Waals surface area contributed by atoms with Gasteiger partial charge in [-0.2, -0.15) is 0 Å². The molecule has 0 spiro atoms. The second-order valence-electron chi connectivity index (χ2n) is 5.79. The maximum absolute atomic E-state index is 5.17. The Morgan fingerprint density at radius 1 is 1.04 bits per heavy atom. The number of hydrogen-bond acceptors (Lipinski definition) is 5. The number of fused-ring (bicyclic) bond motifs is 1. The zero-order valence-corrected chi connectivity index (χ0v) is 12.9. The Bertz CT molecular complexity index is 771. The van der Waals surface area contributed by atoms with Crippen LogP contribution in [0.1, 0.15) is 16.8 Å². The maximum atomic E-state index is 5.17. The van der Waals surface area contributed by atoms with Gasteiger partial charge in [0.1, 0.15) is 6.33 Å². The third-order valence-corrected chi connectivity index (χ3v) is 4.32. The third-order valence-electron chi connectivity index (χ3n) is 4.32. The molecule has 0 aliphatic carbocycles. The molecule has 0 unspecified atom stereocenters. The van der Waals surface area contributed by atoms with Crippen molar-refractivity contribution < 1.29 is 4.42 Å². The van der Waals surface area contributed by atoms with E-state index in [1.807, 2.05) is 36.9 Å². The van der Waals surface area contributed by atoms with E-state index in [4.69, 9.17) is 4.42 Å². The molecule has 0 N–H and O–H groups in total. The molecule has 0 fully saturated rings. The summed E-state index contributed by atoms with van der Waals surface area (Å²) in [4.78, 5) is 15.6. The maximum Gasteiger partial charge on any atom is 0.116 e. The number of aromatic nitrogens is 3. The van der Waals surface area contributed by atoms with Crippen LogP contribution in [0, 0.1) is 0 Å². The monoisotopic (exact) mass is 306 g/mol. The zero-order valence-electron chi connectivity index (χ0n) is 12.9. The van der Waals surface area contributed by atoms with Gasteiger partial charge in [0, 0.05) is 60.8 Å². The van der Waals surface area contributed by atoms with Crippen LogP contribution in [0.25, 0.3) is 11.3 Å². The fourth-order valence-electron chi connectivity index (χ4n) is 3.13. The van der Waals surface area contributed by atoms with E-state index >= 15 is 0 Å². The van der Waals surface area contributed by atoms with Crippen molar-refractivity contribution >= 4 is 0 Å². The highest BCUT2D eigenvalue weighted by Gasteiger charge is 2.19. The summed E-state index contributed by atoms with van der Waals surface area (Å²) in [7, 11) is 0. The van der Waals surface area contributed by atoms with Crippen LogP contribution in [-0.2, 0) is 19.4 Å². The highest BCUT2D eigenvalue weighted by atomic mass is 16.3. The van der Waals surface area contributed by atoms with E-state index < -0.39 is 0 Å². The van der Waals surface area contributed by atoms with Gasteiger partial charge in [0.25, 0.3) is 0 Å². The van der Waals surface area contributed by atoms with Crippen LogP contribution in [-0.4, -0.2) is 32.9 Å². The molecular weight excluding hydrogens is 288 g/mol. The normalized spacial score (nSPS) is 15.1. The molecular formula is C18H18N4O. The van der Waals surface area contributed by atoms with Crippen molar-refractivity contribution in [2.45, 2.75) is 19.4 Å². The summed E-state index contributed by atoms with van der Waals surface area (Å²) in [6, 6.07) is 6.05. The second-order valence-corrected chi connectivity index (χ2v) is 5.79. The molecule has 1 aliphatic rings. The van der Waals surface area contributed by atoms with Gasteiger partial charge < -0.3 is 4.42 Å². The van der Waals surface area contributed by atoms with Gasteiger partial charge in [0.05, 0.1) is 18.2 Å². The van der Waals surface area contributed by atoms with E-state index in [-0.39, 0.29) is 0 Å². The van der Waals surface area contributed by atoms with Crippen LogP contribution < -0.4 is 0 Å². The number of hydrogen-bond donors (Lipinski definition) is 0. The molecule has 4 rings (SSSR count). The van der Waals surface area contributed by atoms with Gasteiger partial charge in [-0.25, -0.2) is 9.97 Å². The Labute approximate surface area is 135 Å². The quantitative estimate of drug-likeness (QED) is 0.744. The largest absolute Gasteiger partial charge is 0.472 e. The molecule has 5 nitrogen and oxygen atoms in total. The van der Waals surface area contributed by atoms with Gasteiger partial charge >= 0.3 is 0 Å². The van der Waals surface area contributed by atoms with Gasteiger partial charge in [0.2, 0.25) is 0 Å². The predicted octanol–water partition coefficient (Wildman–Crippen LogP) is 2.73. The molecule has 3 aromatic heterocycles. The van der Waals surface area contributed by atoms with Gasteiger partial charge in [0.15, 0.2) is 0 Å². The van der Waals surface area contributed by atoms with E-state index in [1.54, 1.807) is 12.6 Å². The lowest BCUT2D eigenvalue weighted by Crippen LogP contribution is -2.25. The third kappa shape index (κ3) is 3.00.